The average Bonchev–Trinajstić information content (AvgIpc) is 2.78. The lowest BCUT2D eigenvalue weighted by Gasteiger charge is -2.19. The smallest absolute Gasteiger partial charge is 0.347 e. The zero-order valence-electron chi connectivity index (χ0n) is 15.8. The summed E-state index contributed by atoms with van der Waals surface area (Å²) in [7, 11) is 0. The van der Waals surface area contributed by atoms with Crippen LogP contribution in [0.4, 0.5) is 0 Å². The number of benzene rings is 2. The topological polar surface area (TPSA) is 76.0 Å². The molecule has 0 bridgehead atoms. The van der Waals surface area contributed by atoms with Crippen LogP contribution in [0.2, 0.25) is 5.02 Å². The van der Waals surface area contributed by atoms with Gasteiger partial charge in [-0.2, -0.15) is 0 Å². The van der Waals surface area contributed by atoms with Crippen LogP contribution in [0.25, 0.3) is 0 Å². The van der Waals surface area contributed by atoms with Gasteiger partial charge in [-0.05, 0) is 39.3 Å². The van der Waals surface area contributed by atoms with Crippen molar-refractivity contribution in [3.05, 3.63) is 51.1 Å². The van der Waals surface area contributed by atoms with E-state index in [0.717, 1.165) is 0 Å². The standard InChI is InChI=1S/C21H21ClO5/c1-6-7-9(2)13-8-14(23)10(3)19-20(13)26-18-12(5)17(24)16(22)11(4)15(18)21(25)27-19/h6-9,23-24H,1-5H3/b7-6-. The van der Waals surface area contributed by atoms with Gasteiger partial charge in [0.15, 0.2) is 11.5 Å². The Morgan fingerprint density at radius 1 is 1.04 bits per heavy atom. The van der Waals surface area contributed by atoms with E-state index in [1.165, 1.54) is 0 Å². The fourth-order valence-corrected chi connectivity index (χ4v) is 3.47. The first-order valence-corrected chi connectivity index (χ1v) is 8.97. The summed E-state index contributed by atoms with van der Waals surface area (Å²) in [6.07, 6.45) is 3.84. The number of phenolic OH excluding ortho intramolecular Hbond substituents is 2. The van der Waals surface area contributed by atoms with E-state index in [2.05, 4.69) is 0 Å². The molecule has 3 rings (SSSR count). The molecule has 6 heteroatoms. The number of rotatable bonds is 2. The van der Waals surface area contributed by atoms with E-state index in [0.29, 0.717) is 28.0 Å². The Hall–Kier alpha value is -2.66. The predicted octanol–water partition coefficient (Wildman–Crippen LogP) is 5.68. The number of halogens is 1. The third-order valence-electron chi connectivity index (χ3n) is 4.90. The highest BCUT2D eigenvalue weighted by molar-refractivity contribution is 6.33. The molecule has 0 aromatic heterocycles. The molecule has 2 aromatic carbocycles. The average molecular weight is 389 g/mol. The third kappa shape index (κ3) is 2.92. The van der Waals surface area contributed by atoms with Gasteiger partial charge in [-0.1, -0.05) is 30.7 Å². The maximum Gasteiger partial charge on any atom is 0.347 e. The molecule has 0 saturated heterocycles. The van der Waals surface area contributed by atoms with E-state index in [1.807, 2.05) is 26.0 Å². The Bertz CT molecular complexity index is 991. The Balaban J connectivity index is 2.36. The second-order valence-corrected chi connectivity index (χ2v) is 7.07. The number of ether oxygens (including phenoxy) is 2. The van der Waals surface area contributed by atoms with Gasteiger partial charge in [0.1, 0.15) is 22.8 Å². The summed E-state index contributed by atoms with van der Waals surface area (Å²) in [5, 5.41) is 20.7. The molecule has 0 spiro atoms. The number of aromatic hydroxyl groups is 2. The lowest BCUT2D eigenvalue weighted by Crippen LogP contribution is -2.11. The fraction of sp³-hybridized carbons (Fsp3) is 0.286. The van der Waals surface area contributed by atoms with Crippen molar-refractivity contribution >= 4 is 17.6 Å². The largest absolute Gasteiger partial charge is 0.508 e. The fourth-order valence-electron chi connectivity index (χ4n) is 3.23. The first-order valence-electron chi connectivity index (χ1n) is 8.59. The SMILES string of the molecule is C/C=C\C(C)c1cc(O)c(C)c2c1Oc1c(C)c(O)c(Cl)c(C)c1C(=O)O2. The first kappa shape index (κ1) is 19.1. The van der Waals surface area contributed by atoms with E-state index in [9.17, 15) is 15.0 Å². The number of hydrogen-bond donors (Lipinski definition) is 2. The lowest BCUT2D eigenvalue weighted by atomic mass is 9.96. The van der Waals surface area contributed by atoms with Crippen LogP contribution in [-0.2, 0) is 0 Å². The molecule has 27 heavy (non-hydrogen) atoms. The predicted molar refractivity (Wildman–Crippen MR) is 104 cm³/mol. The van der Waals surface area contributed by atoms with Gasteiger partial charge in [0.25, 0.3) is 0 Å². The van der Waals surface area contributed by atoms with Crippen molar-refractivity contribution in [1.29, 1.82) is 0 Å². The van der Waals surface area contributed by atoms with Gasteiger partial charge in [-0.15, -0.1) is 0 Å². The zero-order valence-corrected chi connectivity index (χ0v) is 16.6. The van der Waals surface area contributed by atoms with Crippen molar-refractivity contribution in [2.24, 2.45) is 0 Å². The van der Waals surface area contributed by atoms with Crippen molar-refractivity contribution in [1.82, 2.24) is 0 Å². The number of allylic oxidation sites excluding steroid dienone is 2. The van der Waals surface area contributed by atoms with E-state index in [4.69, 9.17) is 21.1 Å². The highest BCUT2D eigenvalue weighted by Crippen LogP contribution is 2.51. The highest BCUT2D eigenvalue weighted by atomic mass is 35.5. The molecule has 5 nitrogen and oxygen atoms in total. The summed E-state index contributed by atoms with van der Waals surface area (Å²) in [5.74, 6) is -0.164. The molecule has 1 aliphatic heterocycles. The van der Waals surface area contributed by atoms with Gasteiger partial charge >= 0.3 is 5.97 Å². The van der Waals surface area contributed by atoms with Crippen molar-refractivity contribution in [3.8, 4) is 28.7 Å². The quantitative estimate of drug-likeness (QED) is 0.393. The van der Waals surface area contributed by atoms with E-state index >= 15 is 0 Å². The van der Waals surface area contributed by atoms with Gasteiger partial charge in [0.05, 0.1) is 5.02 Å². The van der Waals surface area contributed by atoms with Crippen LogP contribution < -0.4 is 9.47 Å². The number of esters is 1. The van der Waals surface area contributed by atoms with Gasteiger partial charge in [0, 0.05) is 22.6 Å². The molecule has 1 atom stereocenters. The molecule has 1 unspecified atom stereocenters. The van der Waals surface area contributed by atoms with E-state index < -0.39 is 5.97 Å². The molecule has 0 fully saturated rings. The van der Waals surface area contributed by atoms with Crippen LogP contribution in [0, 0.1) is 20.8 Å². The van der Waals surface area contributed by atoms with Crippen molar-refractivity contribution in [2.75, 3.05) is 0 Å². The number of carbonyl (C=O) groups excluding carboxylic acids is 1. The summed E-state index contributed by atoms with van der Waals surface area (Å²) in [6, 6.07) is 1.61. The third-order valence-corrected chi connectivity index (χ3v) is 5.36. The van der Waals surface area contributed by atoms with Crippen LogP contribution in [0.15, 0.2) is 18.2 Å². The summed E-state index contributed by atoms with van der Waals surface area (Å²) in [6.45, 7) is 8.73. The number of phenols is 2. The minimum Gasteiger partial charge on any atom is -0.508 e. The second-order valence-electron chi connectivity index (χ2n) is 6.69. The maximum absolute atomic E-state index is 12.8. The van der Waals surface area contributed by atoms with Crippen LogP contribution in [-0.4, -0.2) is 16.2 Å². The van der Waals surface area contributed by atoms with Gasteiger partial charge in [-0.3, -0.25) is 0 Å². The minimum atomic E-state index is -0.649. The highest BCUT2D eigenvalue weighted by Gasteiger charge is 2.33. The molecule has 2 aromatic rings. The van der Waals surface area contributed by atoms with E-state index in [-0.39, 0.29) is 39.5 Å². The van der Waals surface area contributed by atoms with Gasteiger partial charge in [-0.25, -0.2) is 4.79 Å². The number of carbonyl (C=O) groups is 1. The molecule has 2 N–H and O–H groups in total. The zero-order chi connectivity index (χ0) is 20.0. The summed E-state index contributed by atoms with van der Waals surface area (Å²) in [5.41, 5.74) is 1.94. The van der Waals surface area contributed by atoms with Crippen LogP contribution in [0.1, 0.15) is 52.4 Å². The van der Waals surface area contributed by atoms with Gasteiger partial charge < -0.3 is 19.7 Å². The van der Waals surface area contributed by atoms with Gasteiger partial charge in [0.2, 0.25) is 0 Å². The Morgan fingerprint density at radius 3 is 2.33 bits per heavy atom. The Morgan fingerprint density at radius 2 is 1.70 bits per heavy atom. The summed E-state index contributed by atoms with van der Waals surface area (Å²) < 4.78 is 11.8. The number of hydrogen-bond acceptors (Lipinski definition) is 5. The van der Waals surface area contributed by atoms with Crippen molar-refractivity contribution < 1.29 is 24.5 Å². The molecule has 1 aliphatic rings. The maximum atomic E-state index is 12.8. The molecule has 0 saturated carbocycles. The second kappa shape index (κ2) is 6.82. The Kier molecular flexibility index (Phi) is 4.82. The molecule has 1 heterocycles. The normalized spacial score (nSPS) is 14.2. The summed E-state index contributed by atoms with van der Waals surface area (Å²) in [4.78, 5) is 12.8. The lowest BCUT2D eigenvalue weighted by molar-refractivity contribution is 0.0735. The molecule has 0 radical (unpaired) electrons. The molecule has 0 amide bonds. The molecular weight excluding hydrogens is 368 g/mol. The molecule has 0 aliphatic carbocycles. The van der Waals surface area contributed by atoms with Crippen LogP contribution in [0.5, 0.6) is 28.7 Å². The molecule has 142 valence electrons. The van der Waals surface area contributed by atoms with Crippen molar-refractivity contribution in [3.63, 3.8) is 0 Å². The minimum absolute atomic E-state index is 0.0109. The number of fused-ring (bicyclic) bond motifs is 2. The van der Waals surface area contributed by atoms with Crippen LogP contribution >= 0.6 is 11.6 Å². The van der Waals surface area contributed by atoms with Crippen molar-refractivity contribution in [2.45, 2.75) is 40.5 Å². The first-order chi connectivity index (χ1) is 12.7. The van der Waals surface area contributed by atoms with Crippen LogP contribution in [0.3, 0.4) is 0 Å². The monoisotopic (exact) mass is 388 g/mol. The summed E-state index contributed by atoms with van der Waals surface area (Å²) >= 11 is 6.17. The van der Waals surface area contributed by atoms with E-state index in [1.54, 1.807) is 26.8 Å². The molecular formula is C21H21ClO5. The Labute approximate surface area is 162 Å².